The van der Waals surface area contributed by atoms with E-state index in [4.69, 9.17) is 16.3 Å². The van der Waals surface area contributed by atoms with Crippen molar-refractivity contribution in [1.82, 2.24) is 4.98 Å². The van der Waals surface area contributed by atoms with Crippen molar-refractivity contribution >= 4 is 40.1 Å². The molecule has 3 aromatic rings. The number of rotatable bonds is 4. The lowest BCUT2D eigenvalue weighted by Crippen LogP contribution is -2.22. The van der Waals surface area contributed by atoms with Crippen LogP contribution < -0.4 is 5.32 Å². The van der Waals surface area contributed by atoms with Crippen LogP contribution in [-0.4, -0.2) is 23.5 Å². The Balaban J connectivity index is 1.70. The summed E-state index contributed by atoms with van der Waals surface area (Å²) in [6.45, 7) is 0.967. The second-order valence-electron chi connectivity index (χ2n) is 5.71. The van der Waals surface area contributed by atoms with Gasteiger partial charge in [0.2, 0.25) is 0 Å². The maximum absolute atomic E-state index is 13.5. The molecule has 0 aliphatic rings. The third kappa shape index (κ3) is 4.38. The number of esters is 1. The van der Waals surface area contributed by atoms with Crippen LogP contribution in [0.5, 0.6) is 0 Å². The first-order chi connectivity index (χ1) is 12.8. The molecule has 0 aliphatic heterocycles. The first-order valence-corrected chi connectivity index (χ1v) is 8.20. The van der Waals surface area contributed by atoms with Crippen molar-refractivity contribution in [3.63, 3.8) is 0 Å². The zero-order chi connectivity index (χ0) is 19.6. The summed E-state index contributed by atoms with van der Waals surface area (Å²) in [6.07, 6.45) is 0. The highest BCUT2D eigenvalue weighted by molar-refractivity contribution is 6.31. The van der Waals surface area contributed by atoms with Crippen LogP contribution in [0, 0.1) is 18.6 Å². The first kappa shape index (κ1) is 18.7. The number of pyridine rings is 1. The zero-order valence-corrected chi connectivity index (χ0v) is 14.8. The number of amides is 1. The van der Waals surface area contributed by atoms with Gasteiger partial charge in [0, 0.05) is 16.5 Å². The Morgan fingerprint density at radius 1 is 1.15 bits per heavy atom. The van der Waals surface area contributed by atoms with E-state index in [9.17, 15) is 18.4 Å². The summed E-state index contributed by atoms with van der Waals surface area (Å²) in [6, 6.07) is 9.26. The minimum atomic E-state index is -0.803. The number of fused-ring (bicyclic) bond motifs is 1. The number of nitrogens with zero attached hydrogens (tertiary/aromatic N) is 1. The lowest BCUT2D eigenvalue weighted by atomic mass is 10.1. The molecule has 0 atom stereocenters. The zero-order valence-electron chi connectivity index (χ0n) is 14.1. The summed E-state index contributed by atoms with van der Waals surface area (Å²) in [4.78, 5) is 28.4. The van der Waals surface area contributed by atoms with E-state index in [0.29, 0.717) is 21.6 Å². The molecule has 3 rings (SSSR count). The van der Waals surface area contributed by atoms with Crippen molar-refractivity contribution in [2.45, 2.75) is 6.92 Å². The lowest BCUT2D eigenvalue weighted by Gasteiger charge is -2.09. The van der Waals surface area contributed by atoms with Gasteiger partial charge in [0.25, 0.3) is 5.91 Å². The van der Waals surface area contributed by atoms with Crippen LogP contribution in [0.25, 0.3) is 10.9 Å². The predicted molar refractivity (Wildman–Crippen MR) is 96.8 cm³/mol. The van der Waals surface area contributed by atoms with Crippen LogP contribution in [0.3, 0.4) is 0 Å². The Labute approximate surface area is 157 Å². The van der Waals surface area contributed by atoms with Gasteiger partial charge < -0.3 is 10.1 Å². The van der Waals surface area contributed by atoms with E-state index in [1.807, 2.05) is 0 Å². The number of aryl methyl sites for hydroxylation is 1. The van der Waals surface area contributed by atoms with Gasteiger partial charge in [0.15, 0.2) is 6.61 Å². The van der Waals surface area contributed by atoms with E-state index < -0.39 is 30.1 Å². The van der Waals surface area contributed by atoms with Crippen molar-refractivity contribution in [2.75, 3.05) is 11.9 Å². The largest absolute Gasteiger partial charge is 0.452 e. The second kappa shape index (κ2) is 7.67. The summed E-state index contributed by atoms with van der Waals surface area (Å²) < 4.78 is 31.6. The molecular weight excluding hydrogens is 378 g/mol. The quantitative estimate of drug-likeness (QED) is 0.675. The van der Waals surface area contributed by atoms with Gasteiger partial charge >= 0.3 is 5.97 Å². The molecule has 138 valence electrons. The molecule has 0 saturated heterocycles. The SMILES string of the molecule is Cc1nc2ccc(Cl)cc2cc1C(=O)OCC(=O)Nc1cc(F)ccc1F. The highest BCUT2D eigenvalue weighted by Gasteiger charge is 2.16. The van der Waals surface area contributed by atoms with Crippen LogP contribution in [0.4, 0.5) is 14.5 Å². The maximum atomic E-state index is 13.5. The third-order valence-corrected chi connectivity index (χ3v) is 3.96. The number of aromatic nitrogens is 1. The highest BCUT2D eigenvalue weighted by atomic mass is 35.5. The highest BCUT2D eigenvalue weighted by Crippen LogP contribution is 2.21. The molecule has 0 saturated carbocycles. The fraction of sp³-hybridized carbons (Fsp3) is 0.105. The van der Waals surface area contributed by atoms with Gasteiger partial charge in [-0.05, 0) is 43.3 Å². The smallest absolute Gasteiger partial charge is 0.340 e. The van der Waals surface area contributed by atoms with E-state index >= 15 is 0 Å². The Bertz CT molecular complexity index is 1060. The van der Waals surface area contributed by atoms with Crippen molar-refractivity contribution < 1.29 is 23.1 Å². The number of ether oxygens (including phenoxy) is 1. The molecule has 1 N–H and O–H groups in total. The van der Waals surface area contributed by atoms with E-state index in [0.717, 1.165) is 18.2 Å². The van der Waals surface area contributed by atoms with Gasteiger partial charge in [0.1, 0.15) is 11.6 Å². The Hall–Kier alpha value is -3.06. The van der Waals surface area contributed by atoms with Gasteiger partial charge in [-0.15, -0.1) is 0 Å². The molecule has 27 heavy (non-hydrogen) atoms. The van der Waals surface area contributed by atoms with Crippen molar-refractivity contribution in [1.29, 1.82) is 0 Å². The number of carbonyl (C=O) groups is 2. The van der Waals surface area contributed by atoms with Gasteiger partial charge in [-0.25, -0.2) is 13.6 Å². The van der Waals surface area contributed by atoms with E-state index in [1.165, 1.54) is 0 Å². The van der Waals surface area contributed by atoms with E-state index in [2.05, 4.69) is 10.3 Å². The van der Waals surface area contributed by atoms with E-state index in [1.54, 1.807) is 31.2 Å². The van der Waals surface area contributed by atoms with Crippen molar-refractivity contribution in [3.05, 3.63) is 70.4 Å². The molecule has 1 aromatic heterocycles. The molecule has 0 aliphatic carbocycles. The first-order valence-electron chi connectivity index (χ1n) is 7.82. The molecule has 0 radical (unpaired) electrons. The van der Waals surface area contributed by atoms with Gasteiger partial charge in [-0.1, -0.05) is 11.6 Å². The molecule has 0 spiro atoms. The molecule has 0 unspecified atom stereocenters. The number of anilines is 1. The molecule has 1 amide bonds. The number of carbonyl (C=O) groups excluding carboxylic acids is 2. The van der Waals surface area contributed by atoms with Crippen LogP contribution in [0.2, 0.25) is 5.02 Å². The maximum Gasteiger partial charge on any atom is 0.340 e. The number of hydrogen-bond acceptors (Lipinski definition) is 4. The molecule has 8 heteroatoms. The monoisotopic (exact) mass is 390 g/mol. The summed E-state index contributed by atoms with van der Waals surface area (Å²) in [5.74, 6) is -3.08. The van der Waals surface area contributed by atoms with Crippen LogP contribution in [-0.2, 0) is 9.53 Å². The molecule has 0 bridgehead atoms. The van der Waals surface area contributed by atoms with Gasteiger partial charge in [-0.2, -0.15) is 0 Å². The minimum absolute atomic E-state index is 0.175. The summed E-state index contributed by atoms with van der Waals surface area (Å²) >= 11 is 5.94. The average Bonchev–Trinajstić information content (AvgIpc) is 2.62. The predicted octanol–water partition coefficient (Wildman–Crippen LogP) is 4.27. The topological polar surface area (TPSA) is 68.3 Å². The fourth-order valence-corrected chi connectivity index (χ4v) is 2.62. The Kier molecular flexibility index (Phi) is 5.32. The van der Waals surface area contributed by atoms with Crippen molar-refractivity contribution in [3.8, 4) is 0 Å². The summed E-state index contributed by atoms with van der Waals surface area (Å²) in [7, 11) is 0. The van der Waals surface area contributed by atoms with E-state index in [-0.39, 0.29) is 11.3 Å². The number of benzene rings is 2. The molecule has 0 fully saturated rings. The van der Waals surface area contributed by atoms with Crippen LogP contribution >= 0.6 is 11.6 Å². The van der Waals surface area contributed by atoms with Gasteiger partial charge in [0.05, 0.1) is 22.5 Å². The Morgan fingerprint density at radius 3 is 2.70 bits per heavy atom. The molecular formula is C19H13ClF2N2O3. The standard InChI is InChI=1S/C19H13ClF2N2O3/c1-10-14(7-11-6-12(20)2-5-16(11)23-10)19(26)27-9-18(25)24-17-8-13(21)3-4-15(17)22/h2-8H,9H2,1H3,(H,24,25). The number of hydrogen-bond donors (Lipinski definition) is 1. The Morgan fingerprint density at radius 2 is 1.93 bits per heavy atom. The second-order valence-corrected chi connectivity index (χ2v) is 6.14. The molecule has 5 nitrogen and oxygen atoms in total. The van der Waals surface area contributed by atoms with Crippen molar-refractivity contribution in [2.24, 2.45) is 0 Å². The summed E-state index contributed by atoms with van der Waals surface area (Å²) in [5.41, 5.74) is 0.919. The van der Waals surface area contributed by atoms with Crippen LogP contribution in [0.1, 0.15) is 16.1 Å². The van der Waals surface area contributed by atoms with Gasteiger partial charge in [-0.3, -0.25) is 9.78 Å². The molecule has 1 heterocycles. The lowest BCUT2D eigenvalue weighted by molar-refractivity contribution is -0.119. The summed E-state index contributed by atoms with van der Waals surface area (Å²) in [5, 5.41) is 3.28. The minimum Gasteiger partial charge on any atom is -0.452 e. The third-order valence-electron chi connectivity index (χ3n) is 3.72. The number of halogens is 3. The molecule has 2 aromatic carbocycles. The fourth-order valence-electron chi connectivity index (χ4n) is 2.44. The average molecular weight is 391 g/mol. The number of nitrogens with one attached hydrogen (secondary N) is 1. The normalized spacial score (nSPS) is 10.7. The van der Waals surface area contributed by atoms with Crippen LogP contribution in [0.15, 0.2) is 42.5 Å².